The Hall–Kier alpha value is -2.69. The number of pyridine rings is 1. The molecule has 1 N–H and O–H groups in total. The summed E-state index contributed by atoms with van der Waals surface area (Å²) in [7, 11) is 1.23. The summed E-state index contributed by atoms with van der Waals surface area (Å²) >= 11 is 0. The lowest BCUT2D eigenvalue weighted by atomic mass is 10.0. The molecule has 0 unspecified atom stereocenters. The largest absolute Gasteiger partial charge is 0.464 e. The van der Waals surface area contributed by atoms with Gasteiger partial charge in [-0.1, -0.05) is 30.3 Å². The van der Waals surface area contributed by atoms with Crippen LogP contribution in [0.1, 0.15) is 20.8 Å². The Bertz CT molecular complexity index is 674. The highest BCUT2D eigenvalue weighted by atomic mass is 16.5. The molecule has 0 fully saturated rings. The van der Waals surface area contributed by atoms with E-state index in [1.165, 1.54) is 13.3 Å². The number of carbonyl (C=O) groups excluding carboxylic acids is 2. The van der Waals surface area contributed by atoms with E-state index in [-0.39, 0.29) is 16.8 Å². The quantitative estimate of drug-likeness (QED) is 0.670. The Kier molecular flexibility index (Phi) is 3.56. The number of hydrogen-bond acceptors (Lipinski definition) is 4. The van der Waals surface area contributed by atoms with Gasteiger partial charge in [-0.15, -0.1) is 0 Å². The van der Waals surface area contributed by atoms with Crippen LogP contribution >= 0.6 is 0 Å². The maximum atomic E-state index is 12.2. The maximum Gasteiger partial charge on any atom is 0.355 e. The molecule has 0 atom stereocenters. The van der Waals surface area contributed by atoms with Crippen LogP contribution in [0.2, 0.25) is 0 Å². The first-order chi connectivity index (χ1) is 9.19. The summed E-state index contributed by atoms with van der Waals surface area (Å²) in [5.74, 6) is -0.659. The molecule has 1 aromatic carbocycles. The van der Waals surface area contributed by atoms with Crippen molar-refractivity contribution in [2.24, 2.45) is 0 Å². The van der Waals surface area contributed by atoms with Gasteiger partial charge in [0.25, 0.3) is 0 Å². The lowest BCUT2D eigenvalue weighted by Gasteiger charge is -2.08. The van der Waals surface area contributed by atoms with Crippen LogP contribution in [-0.2, 0) is 4.74 Å². The number of aromatic amines is 1. The molecule has 19 heavy (non-hydrogen) atoms. The van der Waals surface area contributed by atoms with Gasteiger partial charge in [0.2, 0.25) is 5.43 Å². The third-order valence-corrected chi connectivity index (χ3v) is 2.69. The monoisotopic (exact) mass is 257 g/mol. The molecule has 0 amide bonds. The average Bonchev–Trinajstić information content (AvgIpc) is 2.47. The standard InChI is InChI=1S/C14H11NO4/c1-19-14(18)12-11(9-5-3-2-4-6-9)13(17)10(8-16)7-15-12/h2-8H,1H3,(H,15,17). The number of aromatic nitrogens is 1. The zero-order valence-electron chi connectivity index (χ0n) is 10.2. The Morgan fingerprint density at radius 2 is 1.95 bits per heavy atom. The molecule has 0 aliphatic carbocycles. The van der Waals surface area contributed by atoms with Gasteiger partial charge in [-0.3, -0.25) is 9.59 Å². The summed E-state index contributed by atoms with van der Waals surface area (Å²) in [4.78, 5) is 37.3. The number of methoxy groups -OCH3 is 1. The highest BCUT2D eigenvalue weighted by Gasteiger charge is 2.19. The first-order valence-corrected chi connectivity index (χ1v) is 5.53. The average molecular weight is 257 g/mol. The van der Waals surface area contributed by atoms with E-state index in [2.05, 4.69) is 9.72 Å². The fraction of sp³-hybridized carbons (Fsp3) is 0.0714. The molecule has 96 valence electrons. The van der Waals surface area contributed by atoms with Gasteiger partial charge < -0.3 is 9.72 Å². The number of ether oxygens (including phenoxy) is 1. The molecule has 1 heterocycles. The van der Waals surface area contributed by atoms with Gasteiger partial charge in [0.1, 0.15) is 5.69 Å². The lowest BCUT2D eigenvalue weighted by molar-refractivity contribution is 0.0594. The van der Waals surface area contributed by atoms with Crippen LogP contribution in [0.5, 0.6) is 0 Å². The van der Waals surface area contributed by atoms with Gasteiger partial charge in [0.05, 0.1) is 18.2 Å². The van der Waals surface area contributed by atoms with Gasteiger partial charge >= 0.3 is 5.97 Å². The lowest BCUT2D eigenvalue weighted by Crippen LogP contribution is -2.18. The predicted octanol–water partition coefficient (Wildman–Crippen LogP) is 1.64. The second-order valence-electron chi connectivity index (χ2n) is 3.80. The van der Waals surface area contributed by atoms with Crippen LogP contribution in [-0.4, -0.2) is 24.3 Å². The number of aldehydes is 1. The van der Waals surface area contributed by atoms with Crippen LogP contribution in [0, 0.1) is 0 Å². The number of carbonyl (C=O) groups is 2. The normalized spacial score (nSPS) is 9.95. The molecule has 2 rings (SSSR count). The van der Waals surface area contributed by atoms with Crippen molar-refractivity contribution in [1.29, 1.82) is 0 Å². The third kappa shape index (κ3) is 2.30. The van der Waals surface area contributed by atoms with E-state index in [4.69, 9.17) is 0 Å². The second kappa shape index (κ2) is 5.30. The van der Waals surface area contributed by atoms with E-state index in [9.17, 15) is 14.4 Å². The van der Waals surface area contributed by atoms with Crippen molar-refractivity contribution in [1.82, 2.24) is 4.98 Å². The molecular formula is C14H11NO4. The van der Waals surface area contributed by atoms with Gasteiger partial charge in [0.15, 0.2) is 6.29 Å². The fourth-order valence-corrected chi connectivity index (χ4v) is 1.78. The summed E-state index contributed by atoms with van der Waals surface area (Å²) in [6, 6.07) is 8.64. The maximum absolute atomic E-state index is 12.2. The molecule has 0 saturated carbocycles. The van der Waals surface area contributed by atoms with Gasteiger partial charge in [0, 0.05) is 6.20 Å². The van der Waals surface area contributed by atoms with Crippen LogP contribution < -0.4 is 5.43 Å². The van der Waals surface area contributed by atoms with Crippen LogP contribution in [0.25, 0.3) is 11.1 Å². The Morgan fingerprint density at radius 1 is 1.26 bits per heavy atom. The third-order valence-electron chi connectivity index (χ3n) is 2.69. The smallest absolute Gasteiger partial charge is 0.355 e. The van der Waals surface area contributed by atoms with Crippen LogP contribution in [0.3, 0.4) is 0 Å². The van der Waals surface area contributed by atoms with E-state index in [1.807, 2.05) is 0 Å². The fourth-order valence-electron chi connectivity index (χ4n) is 1.78. The van der Waals surface area contributed by atoms with Crippen molar-refractivity contribution < 1.29 is 14.3 Å². The van der Waals surface area contributed by atoms with Gasteiger partial charge in [-0.2, -0.15) is 0 Å². The summed E-state index contributed by atoms with van der Waals surface area (Å²) in [6.45, 7) is 0. The molecule has 0 radical (unpaired) electrons. The number of nitrogens with one attached hydrogen (secondary N) is 1. The van der Waals surface area contributed by atoms with Crippen molar-refractivity contribution >= 4 is 12.3 Å². The number of H-pyrrole nitrogens is 1. The zero-order chi connectivity index (χ0) is 13.8. The number of hydrogen-bond donors (Lipinski definition) is 1. The van der Waals surface area contributed by atoms with Crippen molar-refractivity contribution in [3.8, 4) is 11.1 Å². The number of rotatable bonds is 3. The van der Waals surface area contributed by atoms with Gasteiger partial charge in [-0.05, 0) is 5.56 Å². The molecule has 0 saturated heterocycles. The van der Waals surface area contributed by atoms with Crippen molar-refractivity contribution in [2.75, 3.05) is 7.11 Å². The summed E-state index contributed by atoms with van der Waals surface area (Å²) in [6.07, 6.45) is 1.65. The van der Waals surface area contributed by atoms with Crippen molar-refractivity contribution in [3.05, 3.63) is 58.0 Å². The second-order valence-corrected chi connectivity index (χ2v) is 3.80. The minimum Gasteiger partial charge on any atom is -0.464 e. The summed E-state index contributed by atoms with van der Waals surface area (Å²) in [5, 5.41) is 0. The summed E-state index contributed by atoms with van der Waals surface area (Å²) < 4.78 is 4.63. The Balaban J connectivity index is 2.78. The van der Waals surface area contributed by atoms with Crippen LogP contribution in [0.4, 0.5) is 0 Å². The molecule has 0 aliphatic rings. The highest BCUT2D eigenvalue weighted by Crippen LogP contribution is 2.19. The minimum atomic E-state index is -0.659. The molecule has 2 aromatic rings. The topological polar surface area (TPSA) is 76.2 Å². The van der Waals surface area contributed by atoms with E-state index >= 15 is 0 Å². The predicted molar refractivity (Wildman–Crippen MR) is 69.2 cm³/mol. The Labute approximate surface area is 108 Å². The van der Waals surface area contributed by atoms with Crippen LogP contribution in [0.15, 0.2) is 41.3 Å². The first kappa shape index (κ1) is 12.8. The number of esters is 1. The van der Waals surface area contributed by atoms with Crippen molar-refractivity contribution in [3.63, 3.8) is 0 Å². The summed E-state index contributed by atoms with van der Waals surface area (Å²) in [5.41, 5.74) is 0.182. The first-order valence-electron chi connectivity index (χ1n) is 5.53. The molecule has 5 heteroatoms. The molecule has 0 bridgehead atoms. The van der Waals surface area contributed by atoms with E-state index in [0.29, 0.717) is 11.8 Å². The molecule has 1 aromatic heterocycles. The zero-order valence-corrected chi connectivity index (χ0v) is 10.2. The molecule has 5 nitrogen and oxygen atoms in total. The minimum absolute atomic E-state index is 0.0318. The molecular weight excluding hydrogens is 246 g/mol. The molecule has 0 spiro atoms. The SMILES string of the molecule is COC(=O)c1[nH]cc(C=O)c(=O)c1-c1ccccc1. The molecule has 0 aliphatic heterocycles. The Morgan fingerprint density at radius 3 is 2.53 bits per heavy atom. The van der Waals surface area contributed by atoms with Crippen molar-refractivity contribution in [2.45, 2.75) is 0 Å². The highest BCUT2D eigenvalue weighted by molar-refractivity contribution is 5.96. The number of benzene rings is 1. The van der Waals surface area contributed by atoms with E-state index in [0.717, 1.165) is 0 Å². The van der Waals surface area contributed by atoms with E-state index in [1.54, 1.807) is 30.3 Å². The van der Waals surface area contributed by atoms with Gasteiger partial charge in [-0.25, -0.2) is 4.79 Å². The van der Waals surface area contributed by atoms with E-state index < -0.39 is 11.4 Å².